The number of nitrogens with one attached hydrogen (secondary N) is 2. The number of nitrogens with zero attached hydrogens (tertiary/aromatic N) is 3. The number of amides is 2. The van der Waals surface area contributed by atoms with Gasteiger partial charge in [-0.05, 0) is 24.3 Å². The highest BCUT2D eigenvalue weighted by molar-refractivity contribution is 5.98. The van der Waals surface area contributed by atoms with E-state index in [1.807, 2.05) is 25.1 Å². The molecule has 23 heavy (non-hydrogen) atoms. The monoisotopic (exact) mass is 315 g/mol. The molecular weight excluding hydrogens is 298 g/mol. The van der Waals surface area contributed by atoms with Crippen LogP contribution in [0.15, 0.2) is 41.2 Å². The van der Waals surface area contributed by atoms with Crippen molar-refractivity contribution in [3.8, 4) is 0 Å². The van der Waals surface area contributed by atoms with Crippen molar-refractivity contribution in [3.63, 3.8) is 0 Å². The maximum absolute atomic E-state index is 12.1. The summed E-state index contributed by atoms with van der Waals surface area (Å²) in [7, 11) is 5.17. The third-order valence-corrected chi connectivity index (χ3v) is 3.11. The molecule has 0 bridgehead atoms. The molecule has 2 aromatic rings. The van der Waals surface area contributed by atoms with Crippen molar-refractivity contribution in [2.45, 2.75) is 0 Å². The van der Waals surface area contributed by atoms with Crippen LogP contribution in [0.1, 0.15) is 20.8 Å². The van der Waals surface area contributed by atoms with Crippen LogP contribution in [0.4, 0.5) is 5.69 Å². The van der Waals surface area contributed by atoms with E-state index in [4.69, 9.17) is 0 Å². The van der Waals surface area contributed by atoms with Gasteiger partial charge in [0.1, 0.15) is 0 Å². The van der Waals surface area contributed by atoms with E-state index in [1.165, 1.54) is 19.2 Å². The molecule has 1 heterocycles. The van der Waals surface area contributed by atoms with Gasteiger partial charge in [-0.2, -0.15) is 5.10 Å². The molecule has 0 aliphatic carbocycles. The lowest BCUT2D eigenvalue weighted by molar-refractivity contribution is 0.0842. The molecule has 0 spiro atoms. The Morgan fingerprint density at radius 3 is 2.43 bits per heavy atom. The first kappa shape index (κ1) is 16.2. The number of hydrogen-bond donors (Lipinski definition) is 2. The minimum Gasteiger partial charge on any atom is -0.378 e. The molecule has 1 aromatic carbocycles. The molecule has 0 saturated heterocycles. The van der Waals surface area contributed by atoms with Crippen LogP contribution < -0.4 is 21.3 Å². The van der Waals surface area contributed by atoms with E-state index >= 15 is 0 Å². The number of hydrogen-bond acceptors (Lipinski definition) is 5. The van der Waals surface area contributed by atoms with Crippen LogP contribution in [0.5, 0.6) is 0 Å². The van der Waals surface area contributed by atoms with E-state index in [9.17, 15) is 14.4 Å². The number of hydrazine groups is 1. The summed E-state index contributed by atoms with van der Waals surface area (Å²) in [6, 6.07) is 9.47. The molecule has 0 radical (unpaired) electrons. The van der Waals surface area contributed by atoms with Gasteiger partial charge in [-0.25, -0.2) is 4.68 Å². The van der Waals surface area contributed by atoms with Crippen molar-refractivity contribution in [1.29, 1.82) is 0 Å². The van der Waals surface area contributed by atoms with E-state index in [0.29, 0.717) is 5.56 Å². The second-order valence-corrected chi connectivity index (χ2v) is 5.03. The van der Waals surface area contributed by atoms with Gasteiger partial charge in [-0.1, -0.05) is 6.07 Å². The van der Waals surface area contributed by atoms with Crippen molar-refractivity contribution in [3.05, 3.63) is 58.0 Å². The minimum atomic E-state index is -0.613. The van der Waals surface area contributed by atoms with Crippen molar-refractivity contribution in [2.24, 2.45) is 7.05 Å². The van der Waals surface area contributed by atoms with Gasteiger partial charge in [0, 0.05) is 38.5 Å². The summed E-state index contributed by atoms with van der Waals surface area (Å²) >= 11 is 0. The number of rotatable bonds is 3. The fraction of sp³-hybridized carbons (Fsp3) is 0.200. The van der Waals surface area contributed by atoms with Gasteiger partial charge in [0.15, 0.2) is 5.69 Å². The Hall–Kier alpha value is -3.16. The topological polar surface area (TPSA) is 96.3 Å². The molecule has 8 heteroatoms. The predicted octanol–water partition coefficient (Wildman–Crippen LogP) is -0.0789. The van der Waals surface area contributed by atoms with Crippen LogP contribution in [-0.4, -0.2) is 35.7 Å². The molecule has 2 amide bonds. The van der Waals surface area contributed by atoms with Crippen LogP contribution in [-0.2, 0) is 7.05 Å². The first-order chi connectivity index (χ1) is 10.9. The van der Waals surface area contributed by atoms with Crippen molar-refractivity contribution < 1.29 is 9.59 Å². The van der Waals surface area contributed by atoms with Crippen LogP contribution in [0.2, 0.25) is 0 Å². The summed E-state index contributed by atoms with van der Waals surface area (Å²) < 4.78 is 1.04. The van der Waals surface area contributed by atoms with Gasteiger partial charge in [0.25, 0.3) is 17.4 Å². The lowest BCUT2D eigenvalue weighted by Crippen LogP contribution is -2.42. The van der Waals surface area contributed by atoms with E-state index in [-0.39, 0.29) is 11.3 Å². The first-order valence-corrected chi connectivity index (χ1v) is 6.81. The fourth-order valence-electron chi connectivity index (χ4n) is 1.80. The Kier molecular flexibility index (Phi) is 4.75. The van der Waals surface area contributed by atoms with E-state index in [0.717, 1.165) is 10.4 Å². The Bertz CT molecular complexity index is 798. The lowest BCUT2D eigenvalue weighted by Gasteiger charge is -2.13. The number of aromatic nitrogens is 2. The summed E-state index contributed by atoms with van der Waals surface area (Å²) in [4.78, 5) is 37.1. The molecule has 120 valence electrons. The second-order valence-electron chi connectivity index (χ2n) is 5.03. The lowest BCUT2D eigenvalue weighted by atomic mass is 10.2. The normalized spacial score (nSPS) is 10.0. The molecular formula is C15H17N5O3. The minimum absolute atomic E-state index is 0.0226. The van der Waals surface area contributed by atoms with E-state index < -0.39 is 11.8 Å². The van der Waals surface area contributed by atoms with Gasteiger partial charge in [0.2, 0.25) is 0 Å². The van der Waals surface area contributed by atoms with Gasteiger partial charge in [0.05, 0.1) is 0 Å². The van der Waals surface area contributed by atoms with E-state index in [1.54, 1.807) is 18.2 Å². The van der Waals surface area contributed by atoms with Crippen molar-refractivity contribution in [2.75, 3.05) is 19.0 Å². The van der Waals surface area contributed by atoms with Crippen molar-refractivity contribution >= 4 is 17.5 Å². The zero-order chi connectivity index (χ0) is 17.0. The Morgan fingerprint density at radius 2 is 1.78 bits per heavy atom. The highest BCUT2D eigenvalue weighted by atomic mass is 16.2. The quantitative estimate of drug-likeness (QED) is 0.772. The molecule has 0 aliphatic heterocycles. The summed E-state index contributed by atoms with van der Waals surface area (Å²) in [5.74, 6) is -1.07. The first-order valence-electron chi connectivity index (χ1n) is 6.81. The fourth-order valence-corrected chi connectivity index (χ4v) is 1.80. The molecule has 1 aromatic heterocycles. The summed E-state index contributed by atoms with van der Waals surface area (Å²) in [6.45, 7) is 0. The van der Waals surface area contributed by atoms with Gasteiger partial charge >= 0.3 is 0 Å². The zero-order valence-corrected chi connectivity index (χ0v) is 13.0. The second kappa shape index (κ2) is 6.73. The Morgan fingerprint density at radius 1 is 1.09 bits per heavy atom. The number of carbonyl (C=O) groups excluding carboxylic acids is 2. The number of aryl methyl sites for hydroxylation is 1. The van der Waals surface area contributed by atoms with E-state index in [2.05, 4.69) is 16.0 Å². The van der Waals surface area contributed by atoms with Crippen LogP contribution in [0, 0.1) is 0 Å². The third kappa shape index (κ3) is 3.94. The molecule has 0 aliphatic rings. The molecule has 0 atom stereocenters. The number of benzene rings is 1. The highest BCUT2D eigenvalue weighted by Gasteiger charge is 2.11. The third-order valence-electron chi connectivity index (χ3n) is 3.11. The SMILES string of the molecule is CN(C)c1cccc(C(=O)NNC(=O)c2ccc(=O)n(C)n2)c1. The summed E-state index contributed by atoms with van der Waals surface area (Å²) in [6.07, 6.45) is 0. The molecule has 0 fully saturated rings. The predicted molar refractivity (Wildman–Crippen MR) is 85.2 cm³/mol. The van der Waals surface area contributed by atoms with Gasteiger partial charge in [-0.3, -0.25) is 25.2 Å². The molecule has 8 nitrogen and oxygen atoms in total. The zero-order valence-electron chi connectivity index (χ0n) is 13.0. The Labute approximate surface area is 132 Å². The van der Waals surface area contributed by atoms with Gasteiger partial charge in [-0.15, -0.1) is 0 Å². The summed E-state index contributed by atoms with van der Waals surface area (Å²) in [5.41, 5.74) is 5.54. The number of carbonyl (C=O) groups is 2. The van der Waals surface area contributed by atoms with Gasteiger partial charge < -0.3 is 4.90 Å². The molecule has 0 unspecified atom stereocenters. The Balaban J connectivity index is 2.03. The average molecular weight is 315 g/mol. The molecule has 2 N–H and O–H groups in total. The maximum Gasteiger partial charge on any atom is 0.290 e. The van der Waals surface area contributed by atoms with Crippen LogP contribution in [0.3, 0.4) is 0 Å². The maximum atomic E-state index is 12.1. The molecule has 2 rings (SSSR count). The molecule has 0 saturated carbocycles. The number of anilines is 1. The average Bonchev–Trinajstić information content (AvgIpc) is 2.54. The van der Waals surface area contributed by atoms with Crippen molar-refractivity contribution in [1.82, 2.24) is 20.6 Å². The largest absolute Gasteiger partial charge is 0.378 e. The summed E-state index contributed by atoms with van der Waals surface area (Å²) in [5, 5.41) is 3.79. The smallest absolute Gasteiger partial charge is 0.290 e. The standard InChI is InChI=1S/C15H17N5O3/c1-19(2)11-6-4-5-10(9-11)14(22)16-17-15(23)12-7-8-13(21)20(3)18-12/h4-9H,1-3H3,(H,16,22)(H,17,23). The van der Waals surface area contributed by atoms with Crippen LogP contribution >= 0.6 is 0 Å². The van der Waals surface area contributed by atoms with Crippen LogP contribution in [0.25, 0.3) is 0 Å². The highest BCUT2D eigenvalue weighted by Crippen LogP contribution is 2.12.